The summed E-state index contributed by atoms with van der Waals surface area (Å²) in [6, 6.07) is 6.45. The summed E-state index contributed by atoms with van der Waals surface area (Å²) < 4.78 is 0.976. The lowest BCUT2D eigenvalue weighted by molar-refractivity contribution is 0.589. The van der Waals surface area contributed by atoms with Gasteiger partial charge in [-0.05, 0) is 59.8 Å². The Hall–Kier alpha value is -0.310. The van der Waals surface area contributed by atoms with Gasteiger partial charge in [0.2, 0.25) is 0 Å². The summed E-state index contributed by atoms with van der Waals surface area (Å²) in [5, 5.41) is 4.42. The van der Waals surface area contributed by atoms with Crippen molar-refractivity contribution in [3.05, 3.63) is 44.9 Å². The van der Waals surface area contributed by atoms with Gasteiger partial charge in [-0.1, -0.05) is 48.7 Å². The van der Waals surface area contributed by atoms with E-state index in [0.717, 1.165) is 16.0 Å². The van der Waals surface area contributed by atoms with E-state index in [1.165, 1.54) is 43.2 Å². The molecule has 2 rings (SSSR count). The Balaban J connectivity index is 2.33. The average Bonchev–Trinajstić information content (AvgIpc) is 2.68. The molecule has 0 saturated carbocycles. The molecule has 1 aromatic carbocycles. The highest BCUT2D eigenvalue weighted by Crippen LogP contribution is 2.36. The topological polar surface area (TPSA) is 12.0 Å². The van der Waals surface area contributed by atoms with Gasteiger partial charge < -0.3 is 5.32 Å². The second kappa shape index (κ2) is 7.47. The molecule has 0 bridgehead atoms. The van der Waals surface area contributed by atoms with Gasteiger partial charge in [-0.3, -0.25) is 0 Å². The van der Waals surface area contributed by atoms with Gasteiger partial charge in [-0.2, -0.15) is 0 Å². The lowest BCUT2D eigenvalue weighted by Crippen LogP contribution is -2.23. The third-order valence-corrected chi connectivity index (χ3v) is 4.96. The largest absolute Gasteiger partial charge is 0.307 e. The van der Waals surface area contributed by atoms with Crippen molar-refractivity contribution in [1.82, 2.24) is 5.32 Å². The molecular formula is C16H21BrClN. The highest BCUT2D eigenvalue weighted by molar-refractivity contribution is 9.10. The van der Waals surface area contributed by atoms with Gasteiger partial charge in [-0.25, -0.2) is 0 Å². The zero-order valence-electron chi connectivity index (χ0n) is 11.4. The number of hydrogen-bond donors (Lipinski definition) is 1. The Bertz CT molecular complexity index is 456. The smallest absolute Gasteiger partial charge is 0.0599 e. The Morgan fingerprint density at radius 2 is 2.16 bits per heavy atom. The van der Waals surface area contributed by atoms with Crippen LogP contribution in [0.4, 0.5) is 0 Å². The summed E-state index contributed by atoms with van der Waals surface area (Å²) in [6.07, 6.45) is 8.74. The minimum absolute atomic E-state index is 0.257. The number of hydrogen-bond acceptors (Lipinski definition) is 1. The highest BCUT2D eigenvalue weighted by Gasteiger charge is 2.20. The van der Waals surface area contributed by atoms with E-state index in [1.54, 1.807) is 0 Å². The summed E-state index contributed by atoms with van der Waals surface area (Å²) in [5.74, 6) is 0. The van der Waals surface area contributed by atoms with Gasteiger partial charge in [0.1, 0.15) is 0 Å². The maximum atomic E-state index is 6.47. The number of allylic oxidation sites excluding steroid dienone is 1. The highest BCUT2D eigenvalue weighted by atomic mass is 79.9. The summed E-state index contributed by atoms with van der Waals surface area (Å²) >= 11 is 10.00. The third-order valence-electron chi connectivity index (χ3n) is 3.65. The Morgan fingerprint density at radius 3 is 2.95 bits per heavy atom. The molecular weight excluding hydrogens is 322 g/mol. The molecule has 1 unspecified atom stereocenters. The molecule has 1 atom stereocenters. The van der Waals surface area contributed by atoms with Crippen molar-refractivity contribution in [3.63, 3.8) is 0 Å². The predicted octanol–water partition coefficient (Wildman–Crippen LogP) is 5.64. The second-order valence-corrected chi connectivity index (χ2v) is 6.24. The zero-order chi connectivity index (χ0) is 13.7. The SMILES string of the molecule is CCNC(C1=CCCCCC1)c1cccc(Br)c1Cl. The van der Waals surface area contributed by atoms with E-state index >= 15 is 0 Å². The van der Waals surface area contributed by atoms with Crippen molar-refractivity contribution in [2.45, 2.75) is 45.1 Å². The molecule has 1 N–H and O–H groups in total. The van der Waals surface area contributed by atoms with Gasteiger partial charge in [0.05, 0.1) is 11.1 Å². The van der Waals surface area contributed by atoms with Crippen LogP contribution in [-0.2, 0) is 0 Å². The number of halogens is 2. The molecule has 0 aromatic heterocycles. The van der Waals surface area contributed by atoms with Crippen molar-refractivity contribution >= 4 is 27.5 Å². The lowest BCUT2D eigenvalue weighted by atomic mass is 9.95. The van der Waals surface area contributed by atoms with Gasteiger partial charge in [0, 0.05) is 4.47 Å². The first-order chi connectivity index (χ1) is 9.24. The second-order valence-electron chi connectivity index (χ2n) is 5.01. The van der Waals surface area contributed by atoms with Gasteiger partial charge in [-0.15, -0.1) is 0 Å². The standard InChI is InChI=1S/C16H21BrClN/c1-2-19-16(12-8-5-3-4-6-9-12)13-10-7-11-14(17)15(13)18/h7-8,10-11,16,19H,2-6,9H2,1H3. The molecule has 0 fully saturated rings. The first kappa shape index (κ1) is 15.1. The van der Waals surface area contributed by atoms with Crippen LogP contribution in [0.25, 0.3) is 0 Å². The molecule has 0 spiro atoms. The van der Waals surface area contributed by atoms with E-state index in [1.807, 2.05) is 6.07 Å². The predicted molar refractivity (Wildman–Crippen MR) is 86.7 cm³/mol. The molecule has 0 amide bonds. The van der Waals surface area contributed by atoms with Crippen LogP contribution in [0, 0.1) is 0 Å². The fourth-order valence-corrected chi connectivity index (χ4v) is 3.31. The van der Waals surface area contributed by atoms with Crippen molar-refractivity contribution in [3.8, 4) is 0 Å². The van der Waals surface area contributed by atoms with Crippen LogP contribution in [0.3, 0.4) is 0 Å². The van der Waals surface area contributed by atoms with E-state index in [9.17, 15) is 0 Å². The Labute approximate surface area is 129 Å². The average molecular weight is 343 g/mol. The van der Waals surface area contributed by atoms with E-state index < -0.39 is 0 Å². The molecule has 1 aromatic rings. The fourth-order valence-electron chi connectivity index (χ4n) is 2.69. The molecule has 0 saturated heterocycles. The van der Waals surface area contributed by atoms with Crippen molar-refractivity contribution < 1.29 is 0 Å². The molecule has 1 aliphatic rings. The normalized spacial score (nSPS) is 17.7. The maximum Gasteiger partial charge on any atom is 0.0599 e. The molecule has 0 aliphatic heterocycles. The van der Waals surface area contributed by atoms with Gasteiger partial charge >= 0.3 is 0 Å². The number of rotatable bonds is 4. The molecule has 3 heteroatoms. The monoisotopic (exact) mass is 341 g/mol. The van der Waals surface area contributed by atoms with Crippen LogP contribution in [0.15, 0.2) is 34.3 Å². The van der Waals surface area contributed by atoms with Crippen LogP contribution in [0.1, 0.15) is 50.6 Å². The van der Waals surface area contributed by atoms with E-state index in [0.29, 0.717) is 0 Å². The van der Waals surface area contributed by atoms with Crippen LogP contribution >= 0.6 is 27.5 Å². The summed E-state index contributed by atoms with van der Waals surface area (Å²) in [6.45, 7) is 3.10. The number of nitrogens with one attached hydrogen (secondary N) is 1. The van der Waals surface area contributed by atoms with Crippen LogP contribution in [0.2, 0.25) is 5.02 Å². The Kier molecular flexibility index (Phi) is 5.93. The molecule has 1 nitrogen and oxygen atoms in total. The van der Waals surface area contributed by atoms with Crippen LogP contribution in [-0.4, -0.2) is 6.54 Å². The zero-order valence-corrected chi connectivity index (χ0v) is 13.7. The van der Waals surface area contributed by atoms with E-state index in [-0.39, 0.29) is 6.04 Å². The molecule has 19 heavy (non-hydrogen) atoms. The van der Waals surface area contributed by atoms with Crippen LogP contribution in [0.5, 0.6) is 0 Å². The number of likely N-dealkylation sites (N-methyl/N-ethyl adjacent to an activating group) is 1. The van der Waals surface area contributed by atoms with Gasteiger partial charge in [0.25, 0.3) is 0 Å². The molecule has 1 aliphatic carbocycles. The summed E-state index contributed by atoms with van der Waals surface area (Å²) in [4.78, 5) is 0. The first-order valence-electron chi connectivity index (χ1n) is 7.10. The fraction of sp³-hybridized carbons (Fsp3) is 0.500. The summed E-state index contributed by atoms with van der Waals surface area (Å²) in [5.41, 5.74) is 2.69. The lowest BCUT2D eigenvalue weighted by Gasteiger charge is -2.23. The minimum Gasteiger partial charge on any atom is -0.307 e. The van der Waals surface area contributed by atoms with Crippen molar-refractivity contribution in [2.24, 2.45) is 0 Å². The van der Waals surface area contributed by atoms with Crippen molar-refractivity contribution in [1.29, 1.82) is 0 Å². The Morgan fingerprint density at radius 1 is 1.32 bits per heavy atom. The quantitative estimate of drug-likeness (QED) is 0.698. The van der Waals surface area contributed by atoms with Crippen LogP contribution < -0.4 is 5.32 Å². The van der Waals surface area contributed by atoms with E-state index in [2.05, 4.69) is 46.4 Å². The molecule has 104 valence electrons. The van der Waals surface area contributed by atoms with Gasteiger partial charge in [0.15, 0.2) is 0 Å². The third kappa shape index (κ3) is 3.84. The van der Waals surface area contributed by atoms with Crippen molar-refractivity contribution in [2.75, 3.05) is 6.54 Å². The molecule has 0 heterocycles. The minimum atomic E-state index is 0.257. The maximum absolute atomic E-state index is 6.47. The first-order valence-corrected chi connectivity index (χ1v) is 8.27. The van der Waals surface area contributed by atoms with E-state index in [4.69, 9.17) is 11.6 Å². The molecule has 0 radical (unpaired) electrons. The number of benzene rings is 1. The summed E-state index contributed by atoms with van der Waals surface area (Å²) in [7, 11) is 0.